The van der Waals surface area contributed by atoms with Crippen LogP contribution in [0.5, 0.6) is 0 Å². The molecule has 94 valence electrons. The summed E-state index contributed by atoms with van der Waals surface area (Å²) in [5.41, 5.74) is 0.509. The molecule has 1 heterocycles. The van der Waals surface area contributed by atoms with Gasteiger partial charge < -0.3 is 10.1 Å². The fourth-order valence-corrected chi connectivity index (χ4v) is 1.19. The molecule has 0 radical (unpaired) electrons. The van der Waals surface area contributed by atoms with Crippen molar-refractivity contribution in [2.75, 3.05) is 6.61 Å². The van der Waals surface area contributed by atoms with E-state index in [1.165, 1.54) is 25.3 Å². The lowest BCUT2D eigenvalue weighted by Gasteiger charge is -2.11. The second-order valence-electron chi connectivity index (χ2n) is 3.49. The molecular formula is C12H13N3O3. The molecule has 18 heavy (non-hydrogen) atoms. The van der Waals surface area contributed by atoms with Gasteiger partial charge in [-0.1, -0.05) is 0 Å². The van der Waals surface area contributed by atoms with E-state index in [0.29, 0.717) is 5.56 Å². The molecule has 0 spiro atoms. The van der Waals surface area contributed by atoms with E-state index >= 15 is 0 Å². The van der Waals surface area contributed by atoms with Crippen molar-refractivity contribution >= 4 is 11.9 Å². The number of rotatable bonds is 4. The van der Waals surface area contributed by atoms with Crippen LogP contribution >= 0.6 is 0 Å². The average Bonchev–Trinajstić information content (AvgIpc) is 2.39. The Bertz CT molecular complexity index is 476. The number of nitrogens with one attached hydrogen (secondary N) is 1. The van der Waals surface area contributed by atoms with Crippen molar-refractivity contribution in [2.24, 2.45) is 0 Å². The van der Waals surface area contributed by atoms with Crippen LogP contribution in [-0.2, 0) is 9.53 Å². The Morgan fingerprint density at radius 2 is 2.28 bits per heavy atom. The highest BCUT2D eigenvalue weighted by molar-refractivity contribution is 5.95. The van der Waals surface area contributed by atoms with Gasteiger partial charge in [-0.05, 0) is 26.0 Å². The highest BCUT2D eigenvalue weighted by Crippen LogP contribution is 1.99. The molecule has 1 unspecified atom stereocenters. The zero-order valence-electron chi connectivity index (χ0n) is 10.1. The summed E-state index contributed by atoms with van der Waals surface area (Å²) in [4.78, 5) is 26.8. The van der Waals surface area contributed by atoms with Gasteiger partial charge in [0.15, 0.2) is 0 Å². The number of amides is 1. The molecule has 1 N–H and O–H groups in total. The highest BCUT2D eigenvalue weighted by Gasteiger charge is 2.17. The van der Waals surface area contributed by atoms with E-state index in [2.05, 4.69) is 10.3 Å². The van der Waals surface area contributed by atoms with Crippen LogP contribution in [0.3, 0.4) is 0 Å². The minimum Gasteiger partial charge on any atom is -0.464 e. The van der Waals surface area contributed by atoms with Crippen molar-refractivity contribution in [1.82, 2.24) is 10.3 Å². The number of esters is 1. The summed E-state index contributed by atoms with van der Waals surface area (Å²) in [5, 5.41) is 11.1. The quantitative estimate of drug-likeness (QED) is 0.788. The molecule has 0 saturated carbocycles. The normalized spacial score (nSPS) is 11.2. The van der Waals surface area contributed by atoms with Gasteiger partial charge in [-0.15, -0.1) is 0 Å². The fourth-order valence-electron chi connectivity index (χ4n) is 1.19. The van der Waals surface area contributed by atoms with Crippen LogP contribution in [0.2, 0.25) is 0 Å². The van der Waals surface area contributed by atoms with Crippen molar-refractivity contribution in [3.05, 3.63) is 29.6 Å². The Morgan fingerprint density at radius 1 is 1.56 bits per heavy atom. The zero-order chi connectivity index (χ0) is 13.5. The van der Waals surface area contributed by atoms with Crippen LogP contribution in [0.25, 0.3) is 0 Å². The summed E-state index contributed by atoms with van der Waals surface area (Å²) in [6.45, 7) is 3.47. The largest absolute Gasteiger partial charge is 0.464 e. The van der Waals surface area contributed by atoms with Gasteiger partial charge in [0.05, 0.1) is 12.2 Å². The predicted molar refractivity (Wildman–Crippen MR) is 62.5 cm³/mol. The SMILES string of the molecule is CCOC(=O)C(C)NC(=O)c1ccc(C#N)cn1. The lowest BCUT2D eigenvalue weighted by atomic mass is 10.2. The summed E-state index contributed by atoms with van der Waals surface area (Å²) in [5.74, 6) is -0.987. The molecule has 1 aromatic rings. The Labute approximate surface area is 105 Å². The summed E-state index contributed by atoms with van der Waals surface area (Å²) in [7, 11) is 0. The molecule has 1 atom stereocenters. The molecule has 0 aromatic carbocycles. The molecule has 0 bridgehead atoms. The smallest absolute Gasteiger partial charge is 0.328 e. The first-order valence-corrected chi connectivity index (χ1v) is 5.42. The van der Waals surface area contributed by atoms with Crippen LogP contribution in [0.1, 0.15) is 29.9 Å². The number of hydrogen-bond donors (Lipinski definition) is 1. The van der Waals surface area contributed by atoms with Crippen LogP contribution in [0.4, 0.5) is 0 Å². The van der Waals surface area contributed by atoms with Gasteiger partial charge in [-0.2, -0.15) is 5.26 Å². The number of nitrogens with zero attached hydrogens (tertiary/aromatic N) is 2. The second kappa shape index (κ2) is 6.35. The molecule has 6 nitrogen and oxygen atoms in total. The molecular weight excluding hydrogens is 234 g/mol. The number of carbonyl (C=O) groups excluding carboxylic acids is 2. The van der Waals surface area contributed by atoms with Gasteiger partial charge in [-0.25, -0.2) is 9.78 Å². The first kappa shape index (κ1) is 13.6. The van der Waals surface area contributed by atoms with Crippen LogP contribution < -0.4 is 5.32 Å². The predicted octanol–water partition coefficient (Wildman–Crippen LogP) is 0.635. The first-order chi connectivity index (χ1) is 8.58. The Hall–Kier alpha value is -2.42. The summed E-state index contributed by atoms with van der Waals surface area (Å²) in [6.07, 6.45) is 1.30. The number of ether oxygens (including phenoxy) is 1. The third kappa shape index (κ3) is 3.56. The van der Waals surface area contributed by atoms with Crippen molar-refractivity contribution in [3.63, 3.8) is 0 Å². The zero-order valence-corrected chi connectivity index (χ0v) is 10.1. The second-order valence-corrected chi connectivity index (χ2v) is 3.49. The van der Waals surface area contributed by atoms with Crippen LogP contribution in [0.15, 0.2) is 18.3 Å². The number of aromatic nitrogens is 1. The molecule has 1 rings (SSSR count). The average molecular weight is 247 g/mol. The van der Waals surface area contributed by atoms with Gasteiger partial charge in [0.2, 0.25) is 0 Å². The van der Waals surface area contributed by atoms with Gasteiger partial charge in [0, 0.05) is 6.20 Å². The molecule has 6 heteroatoms. The van der Waals surface area contributed by atoms with Crippen molar-refractivity contribution in [2.45, 2.75) is 19.9 Å². The fraction of sp³-hybridized carbons (Fsp3) is 0.333. The molecule has 0 aliphatic rings. The lowest BCUT2D eigenvalue weighted by Crippen LogP contribution is -2.39. The lowest BCUT2D eigenvalue weighted by molar-refractivity contribution is -0.144. The molecule has 0 saturated heterocycles. The third-order valence-corrected chi connectivity index (χ3v) is 2.11. The summed E-state index contributed by atoms with van der Waals surface area (Å²) in [6, 6.07) is 4.07. The summed E-state index contributed by atoms with van der Waals surface area (Å²) < 4.78 is 4.76. The van der Waals surface area contributed by atoms with E-state index in [1.54, 1.807) is 6.92 Å². The van der Waals surface area contributed by atoms with E-state index in [-0.39, 0.29) is 12.3 Å². The Morgan fingerprint density at radius 3 is 2.78 bits per heavy atom. The van der Waals surface area contributed by atoms with E-state index in [4.69, 9.17) is 10.00 Å². The van der Waals surface area contributed by atoms with Gasteiger partial charge >= 0.3 is 5.97 Å². The number of carbonyl (C=O) groups is 2. The van der Waals surface area contributed by atoms with Crippen LogP contribution in [-0.4, -0.2) is 29.5 Å². The maximum atomic E-state index is 11.7. The van der Waals surface area contributed by atoms with E-state index in [0.717, 1.165) is 0 Å². The van der Waals surface area contributed by atoms with Crippen LogP contribution in [0, 0.1) is 11.3 Å². The number of nitriles is 1. The molecule has 0 aliphatic heterocycles. The minimum atomic E-state index is -0.741. The Balaban J connectivity index is 2.65. The molecule has 0 aliphatic carbocycles. The number of pyridine rings is 1. The number of hydrogen-bond acceptors (Lipinski definition) is 5. The minimum absolute atomic E-state index is 0.144. The highest BCUT2D eigenvalue weighted by atomic mass is 16.5. The van der Waals surface area contributed by atoms with Crippen molar-refractivity contribution < 1.29 is 14.3 Å². The van der Waals surface area contributed by atoms with Gasteiger partial charge in [-0.3, -0.25) is 4.79 Å². The monoisotopic (exact) mass is 247 g/mol. The van der Waals surface area contributed by atoms with Gasteiger partial charge in [0.25, 0.3) is 5.91 Å². The van der Waals surface area contributed by atoms with E-state index in [9.17, 15) is 9.59 Å². The molecule has 0 fully saturated rings. The topological polar surface area (TPSA) is 92.1 Å². The van der Waals surface area contributed by atoms with E-state index < -0.39 is 17.9 Å². The maximum Gasteiger partial charge on any atom is 0.328 e. The standard InChI is InChI=1S/C12H13N3O3/c1-3-18-12(17)8(2)15-11(16)10-5-4-9(6-13)7-14-10/h4-5,7-8H,3H2,1-2H3,(H,15,16). The van der Waals surface area contributed by atoms with E-state index in [1.807, 2.05) is 6.07 Å². The first-order valence-electron chi connectivity index (χ1n) is 5.42. The van der Waals surface area contributed by atoms with Crippen molar-refractivity contribution in [3.8, 4) is 6.07 Å². The molecule has 1 aromatic heterocycles. The summed E-state index contributed by atoms with van der Waals surface area (Å²) >= 11 is 0. The maximum absolute atomic E-state index is 11.7. The Kier molecular flexibility index (Phi) is 4.81. The third-order valence-electron chi connectivity index (χ3n) is 2.11. The van der Waals surface area contributed by atoms with Gasteiger partial charge in [0.1, 0.15) is 17.8 Å². The molecule has 1 amide bonds. The van der Waals surface area contributed by atoms with Crippen molar-refractivity contribution in [1.29, 1.82) is 5.26 Å².